The molecule has 1 atom stereocenters. The predicted octanol–water partition coefficient (Wildman–Crippen LogP) is 1.82. The van der Waals surface area contributed by atoms with E-state index < -0.39 is 0 Å². The Morgan fingerprint density at radius 2 is 2.50 bits per heavy atom. The third kappa shape index (κ3) is 1.48. The largest absolute Gasteiger partial charge is 0.381 e. The Hall–Kier alpha value is -0.0400. The summed E-state index contributed by atoms with van der Waals surface area (Å²) < 4.78 is 5.21. The highest BCUT2D eigenvalue weighted by atomic mass is 16.5. The summed E-state index contributed by atoms with van der Waals surface area (Å²) >= 11 is 0. The molecular formula is C7H14O. The number of hydrogen-bond acceptors (Lipinski definition) is 1. The Labute approximate surface area is 51.0 Å². The van der Waals surface area contributed by atoms with Crippen LogP contribution in [0.5, 0.6) is 0 Å². The first kappa shape index (κ1) is 6.09. The standard InChI is InChI=1S/C7H14O/c1-2-3-7-4-5-8-6-7/h7H,2-6H2,1H3/t7-/m0/s1. The lowest BCUT2D eigenvalue weighted by molar-refractivity contribution is 0.184. The summed E-state index contributed by atoms with van der Waals surface area (Å²) in [5.74, 6) is 0.889. The van der Waals surface area contributed by atoms with Crippen molar-refractivity contribution in [3.8, 4) is 0 Å². The molecule has 48 valence electrons. The van der Waals surface area contributed by atoms with Gasteiger partial charge >= 0.3 is 0 Å². The lowest BCUT2D eigenvalue weighted by Crippen LogP contribution is -1.96. The second-order valence-corrected chi connectivity index (χ2v) is 2.52. The van der Waals surface area contributed by atoms with Crippen LogP contribution in [0.3, 0.4) is 0 Å². The molecule has 0 bridgehead atoms. The van der Waals surface area contributed by atoms with Crippen LogP contribution in [0.25, 0.3) is 0 Å². The average molecular weight is 114 g/mol. The van der Waals surface area contributed by atoms with Gasteiger partial charge in [0.2, 0.25) is 0 Å². The van der Waals surface area contributed by atoms with Crippen molar-refractivity contribution in [2.75, 3.05) is 13.2 Å². The maximum absolute atomic E-state index is 5.21. The third-order valence-corrected chi connectivity index (χ3v) is 1.72. The topological polar surface area (TPSA) is 9.23 Å². The van der Waals surface area contributed by atoms with Crippen LogP contribution in [0.2, 0.25) is 0 Å². The zero-order chi connectivity index (χ0) is 5.82. The van der Waals surface area contributed by atoms with Gasteiger partial charge in [-0.05, 0) is 18.8 Å². The van der Waals surface area contributed by atoms with Crippen LogP contribution in [-0.4, -0.2) is 13.2 Å². The summed E-state index contributed by atoms with van der Waals surface area (Å²) in [6, 6.07) is 0. The minimum atomic E-state index is 0.889. The van der Waals surface area contributed by atoms with E-state index in [0.717, 1.165) is 19.1 Å². The summed E-state index contributed by atoms with van der Waals surface area (Å²) in [5.41, 5.74) is 0. The first-order chi connectivity index (χ1) is 3.93. The van der Waals surface area contributed by atoms with E-state index in [4.69, 9.17) is 4.74 Å². The molecule has 0 unspecified atom stereocenters. The monoisotopic (exact) mass is 114 g/mol. The lowest BCUT2D eigenvalue weighted by atomic mass is 10.0. The Kier molecular flexibility index (Phi) is 2.34. The first-order valence-electron chi connectivity index (χ1n) is 3.51. The predicted molar refractivity (Wildman–Crippen MR) is 33.8 cm³/mol. The highest BCUT2D eigenvalue weighted by Gasteiger charge is 2.13. The number of hydrogen-bond donors (Lipinski definition) is 0. The van der Waals surface area contributed by atoms with E-state index in [-0.39, 0.29) is 0 Å². The van der Waals surface area contributed by atoms with E-state index in [2.05, 4.69) is 6.92 Å². The Balaban J connectivity index is 2.06. The molecule has 0 aromatic carbocycles. The molecule has 0 N–H and O–H groups in total. The van der Waals surface area contributed by atoms with Crippen LogP contribution < -0.4 is 0 Å². The maximum atomic E-state index is 5.21. The van der Waals surface area contributed by atoms with Crippen molar-refractivity contribution in [1.82, 2.24) is 0 Å². The van der Waals surface area contributed by atoms with Crippen molar-refractivity contribution in [2.24, 2.45) is 5.92 Å². The molecule has 0 amide bonds. The van der Waals surface area contributed by atoms with Crippen molar-refractivity contribution in [3.63, 3.8) is 0 Å². The minimum Gasteiger partial charge on any atom is -0.381 e. The first-order valence-corrected chi connectivity index (χ1v) is 3.51. The molecule has 0 radical (unpaired) electrons. The van der Waals surface area contributed by atoms with Gasteiger partial charge in [0.05, 0.1) is 0 Å². The molecule has 1 saturated heterocycles. The SMILES string of the molecule is CCC[C@H]1CCOC1. The second-order valence-electron chi connectivity index (χ2n) is 2.52. The fourth-order valence-electron chi connectivity index (χ4n) is 1.22. The molecule has 8 heavy (non-hydrogen) atoms. The molecule has 0 saturated carbocycles. The minimum absolute atomic E-state index is 0.889. The summed E-state index contributed by atoms with van der Waals surface area (Å²) in [6.45, 7) is 4.26. The van der Waals surface area contributed by atoms with Crippen molar-refractivity contribution in [1.29, 1.82) is 0 Å². The van der Waals surface area contributed by atoms with Crippen molar-refractivity contribution >= 4 is 0 Å². The van der Waals surface area contributed by atoms with Crippen LogP contribution in [0, 0.1) is 5.92 Å². The van der Waals surface area contributed by atoms with Gasteiger partial charge < -0.3 is 4.74 Å². The Morgan fingerprint density at radius 3 is 3.00 bits per heavy atom. The fraction of sp³-hybridized carbons (Fsp3) is 1.00. The second kappa shape index (κ2) is 3.08. The van der Waals surface area contributed by atoms with Gasteiger partial charge in [0.25, 0.3) is 0 Å². The summed E-state index contributed by atoms with van der Waals surface area (Å²) in [5, 5.41) is 0. The summed E-state index contributed by atoms with van der Waals surface area (Å²) in [6.07, 6.45) is 3.97. The highest BCUT2D eigenvalue weighted by molar-refractivity contribution is 4.62. The van der Waals surface area contributed by atoms with E-state index in [0.29, 0.717) is 0 Å². The van der Waals surface area contributed by atoms with Gasteiger partial charge in [0.15, 0.2) is 0 Å². The van der Waals surface area contributed by atoms with Gasteiger partial charge in [-0.3, -0.25) is 0 Å². The van der Waals surface area contributed by atoms with Crippen LogP contribution in [-0.2, 0) is 4.74 Å². The molecule has 0 spiro atoms. The van der Waals surface area contributed by atoms with Gasteiger partial charge in [-0.15, -0.1) is 0 Å². The molecule has 1 heteroatoms. The molecule has 1 fully saturated rings. The molecular weight excluding hydrogens is 100 g/mol. The van der Waals surface area contributed by atoms with E-state index in [1.165, 1.54) is 19.3 Å². The number of ether oxygens (including phenoxy) is 1. The van der Waals surface area contributed by atoms with Crippen molar-refractivity contribution in [2.45, 2.75) is 26.2 Å². The smallest absolute Gasteiger partial charge is 0.0495 e. The van der Waals surface area contributed by atoms with Crippen molar-refractivity contribution in [3.05, 3.63) is 0 Å². The Bertz CT molecular complexity index is 55.4. The molecule has 0 aromatic rings. The normalized spacial score (nSPS) is 28.9. The van der Waals surface area contributed by atoms with Gasteiger partial charge in [0.1, 0.15) is 0 Å². The zero-order valence-electron chi connectivity index (χ0n) is 5.52. The average Bonchev–Trinajstić information content (AvgIpc) is 2.19. The zero-order valence-corrected chi connectivity index (χ0v) is 5.52. The van der Waals surface area contributed by atoms with Gasteiger partial charge in [-0.1, -0.05) is 13.3 Å². The lowest BCUT2D eigenvalue weighted by Gasteiger charge is -2.01. The number of rotatable bonds is 2. The van der Waals surface area contributed by atoms with Crippen LogP contribution >= 0.6 is 0 Å². The molecule has 0 aliphatic carbocycles. The maximum Gasteiger partial charge on any atom is 0.0495 e. The molecule has 1 nitrogen and oxygen atoms in total. The van der Waals surface area contributed by atoms with E-state index in [1.807, 2.05) is 0 Å². The fourth-order valence-corrected chi connectivity index (χ4v) is 1.22. The van der Waals surface area contributed by atoms with E-state index in [9.17, 15) is 0 Å². The van der Waals surface area contributed by atoms with Crippen LogP contribution in [0.1, 0.15) is 26.2 Å². The van der Waals surface area contributed by atoms with Crippen molar-refractivity contribution < 1.29 is 4.74 Å². The Morgan fingerprint density at radius 1 is 1.62 bits per heavy atom. The van der Waals surface area contributed by atoms with Crippen LogP contribution in [0.4, 0.5) is 0 Å². The summed E-state index contributed by atoms with van der Waals surface area (Å²) in [7, 11) is 0. The molecule has 1 aliphatic heterocycles. The van der Waals surface area contributed by atoms with Crippen LogP contribution in [0.15, 0.2) is 0 Å². The van der Waals surface area contributed by atoms with Gasteiger partial charge in [0, 0.05) is 13.2 Å². The quantitative estimate of drug-likeness (QED) is 0.532. The molecule has 1 rings (SSSR count). The van der Waals surface area contributed by atoms with Gasteiger partial charge in [-0.25, -0.2) is 0 Å². The highest BCUT2D eigenvalue weighted by Crippen LogP contribution is 2.16. The van der Waals surface area contributed by atoms with E-state index >= 15 is 0 Å². The van der Waals surface area contributed by atoms with E-state index in [1.54, 1.807) is 0 Å². The molecule has 1 aliphatic rings. The van der Waals surface area contributed by atoms with Gasteiger partial charge in [-0.2, -0.15) is 0 Å². The third-order valence-electron chi connectivity index (χ3n) is 1.72. The molecule has 0 aromatic heterocycles. The molecule has 1 heterocycles. The summed E-state index contributed by atoms with van der Waals surface area (Å²) in [4.78, 5) is 0.